The summed E-state index contributed by atoms with van der Waals surface area (Å²) in [6.45, 7) is 5.79. The molecule has 0 amide bonds. The van der Waals surface area contributed by atoms with E-state index in [2.05, 4.69) is 43.4 Å². The van der Waals surface area contributed by atoms with Crippen LogP contribution in [0.4, 0.5) is 0 Å². The van der Waals surface area contributed by atoms with E-state index >= 15 is 0 Å². The van der Waals surface area contributed by atoms with Crippen molar-refractivity contribution in [3.63, 3.8) is 0 Å². The van der Waals surface area contributed by atoms with E-state index in [4.69, 9.17) is 4.74 Å². The van der Waals surface area contributed by atoms with Gasteiger partial charge in [-0.25, -0.2) is 0 Å². The van der Waals surface area contributed by atoms with Gasteiger partial charge in [0.15, 0.2) is 0 Å². The van der Waals surface area contributed by atoms with Gasteiger partial charge in [-0.2, -0.15) is 0 Å². The third-order valence-corrected chi connectivity index (χ3v) is 5.92. The third-order valence-electron chi connectivity index (χ3n) is 5.92. The Morgan fingerprint density at radius 2 is 1.86 bits per heavy atom. The first-order valence-corrected chi connectivity index (χ1v) is 8.60. The van der Waals surface area contributed by atoms with Crippen molar-refractivity contribution in [2.75, 3.05) is 6.54 Å². The molecule has 3 aliphatic rings. The molecule has 2 heteroatoms. The minimum atomic E-state index is 0.105. The van der Waals surface area contributed by atoms with Gasteiger partial charge in [0.2, 0.25) is 0 Å². The zero-order valence-electron chi connectivity index (χ0n) is 13.3. The predicted molar refractivity (Wildman–Crippen MR) is 85.5 cm³/mol. The molecule has 2 fully saturated rings. The van der Waals surface area contributed by atoms with Crippen LogP contribution in [-0.2, 0) is 10.2 Å². The lowest BCUT2D eigenvalue weighted by Gasteiger charge is -2.52. The summed E-state index contributed by atoms with van der Waals surface area (Å²) < 4.78 is 6.78. The lowest BCUT2D eigenvalue weighted by atomic mass is 9.68. The first-order chi connectivity index (χ1) is 10.1. The van der Waals surface area contributed by atoms with Crippen LogP contribution in [0.25, 0.3) is 0 Å². The second kappa shape index (κ2) is 4.82. The maximum absolute atomic E-state index is 6.78. The molecule has 1 saturated heterocycles. The molecule has 1 N–H and O–H groups in total. The van der Waals surface area contributed by atoms with Crippen LogP contribution in [0.5, 0.6) is 0 Å². The minimum absolute atomic E-state index is 0.105. The van der Waals surface area contributed by atoms with E-state index in [1.165, 1.54) is 49.7 Å². The van der Waals surface area contributed by atoms with Crippen LogP contribution >= 0.6 is 0 Å². The molecule has 4 rings (SSSR count). The molecule has 0 aromatic heterocycles. The largest absolute Gasteiger partial charge is 0.364 e. The molecular formula is C19H27NO. The van der Waals surface area contributed by atoms with Crippen LogP contribution in [0, 0.1) is 0 Å². The van der Waals surface area contributed by atoms with E-state index in [9.17, 15) is 0 Å². The standard InChI is InChI=1S/C19H27NO/c1-18(2)12-16-17(14-8-4-5-9-15(14)18)21-19(13-20-16)10-6-3-7-11-19/h4-5,8-9,16-17,20H,3,6-7,10-13H2,1-2H3. The second-order valence-electron chi connectivity index (χ2n) is 7.94. The van der Waals surface area contributed by atoms with Gasteiger partial charge >= 0.3 is 0 Å². The topological polar surface area (TPSA) is 21.3 Å². The number of ether oxygens (including phenoxy) is 1. The highest BCUT2D eigenvalue weighted by atomic mass is 16.5. The molecule has 1 aromatic rings. The van der Waals surface area contributed by atoms with Gasteiger partial charge < -0.3 is 10.1 Å². The van der Waals surface area contributed by atoms with Crippen LogP contribution in [0.2, 0.25) is 0 Å². The summed E-state index contributed by atoms with van der Waals surface area (Å²) in [5.41, 5.74) is 3.26. The zero-order valence-corrected chi connectivity index (χ0v) is 13.3. The van der Waals surface area contributed by atoms with Crippen LogP contribution < -0.4 is 5.32 Å². The lowest BCUT2D eigenvalue weighted by Crippen LogP contribution is -2.59. The quantitative estimate of drug-likeness (QED) is 0.775. The van der Waals surface area contributed by atoms with E-state index in [1.54, 1.807) is 0 Å². The molecule has 0 radical (unpaired) electrons. The third kappa shape index (κ3) is 2.24. The molecule has 21 heavy (non-hydrogen) atoms. The maximum Gasteiger partial charge on any atom is 0.0989 e. The Morgan fingerprint density at radius 1 is 1.10 bits per heavy atom. The average molecular weight is 285 g/mol. The Labute approximate surface area is 128 Å². The smallest absolute Gasteiger partial charge is 0.0989 e. The second-order valence-corrected chi connectivity index (χ2v) is 7.94. The number of rotatable bonds is 0. The number of fused-ring (bicyclic) bond motifs is 3. The van der Waals surface area contributed by atoms with Gasteiger partial charge in [-0.3, -0.25) is 0 Å². The van der Waals surface area contributed by atoms with E-state index in [1.807, 2.05) is 0 Å². The Hall–Kier alpha value is -0.860. The Balaban J connectivity index is 1.70. The first kappa shape index (κ1) is 13.8. The van der Waals surface area contributed by atoms with Crippen molar-refractivity contribution in [1.29, 1.82) is 0 Å². The SMILES string of the molecule is CC1(C)CC2NCC3(CCCCC3)OC2c2ccccc21. The Kier molecular flexibility index (Phi) is 3.16. The number of benzene rings is 1. The molecule has 1 saturated carbocycles. The van der Waals surface area contributed by atoms with Crippen molar-refractivity contribution in [1.82, 2.24) is 5.32 Å². The summed E-state index contributed by atoms with van der Waals surface area (Å²) in [6.07, 6.45) is 7.91. The molecule has 1 spiro atoms. The predicted octanol–water partition coefficient (Wildman–Crippen LogP) is 4.10. The molecule has 2 aliphatic carbocycles. The maximum atomic E-state index is 6.78. The molecule has 1 aliphatic heterocycles. The Bertz CT molecular complexity index is 530. The van der Waals surface area contributed by atoms with Crippen molar-refractivity contribution >= 4 is 0 Å². The monoisotopic (exact) mass is 285 g/mol. The van der Waals surface area contributed by atoms with E-state index in [-0.39, 0.29) is 17.1 Å². The molecule has 2 atom stereocenters. The van der Waals surface area contributed by atoms with E-state index in [0.29, 0.717) is 6.04 Å². The molecule has 1 heterocycles. The number of morpholine rings is 1. The normalized spacial score (nSPS) is 33.2. The van der Waals surface area contributed by atoms with Crippen LogP contribution in [0.15, 0.2) is 24.3 Å². The molecule has 2 unspecified atom stereocenters. The fourth-order valence-corrected chi connectivity index (χ4v) is 4.79. The molecule has 0 bridgehead atoms. The highest BCUT2D eigenvalue weighted by molar-refractivity contribution is 5.39. The van der Waals surface area contributed by atoms with Crippen molar-refractivity contribution in [2.45, 2.75) is 75.5 Å². The van der Waals surface area contributed by atoms with Crippen LogP contribution in [0.3, 0.4) is 0 Å². The fraction of sp³-hybridized carbons (Fsp3) is 0.684. The van der Waals surface area contributed by atoms with Gasteiger partial charge in [0.1, 0.15) is 0 Å². The van der Waals surface area contributed by atoms with Crippen LogP contribution in [-0.4, -0.2) is 18.2 Å². The summed E-state index contributed by atoms with van der Waals surface area (Å²) in [6, 6.07) is 9.41. The van der Waals surface area contributed by atoms with Gasteiger partial charge in [0, 0.05) is 12.6 Å². The summed E-state index contributed by atoms with van der Waals surface area (Å²) >= 11 is 0. The number of hydrogen-bond acceptors (Lipinski definition) is 2. The zero-order chi connectivity index (χ0) is 14.5. The summed E-state index contributed by atoms with van der Waals surface area (Å²) in [4.78, 5) is 0. The number of nitrogens with one attached hydrogen (secondary N) is 1. The van der Waals surface area contributed by atoms with E-state index < -0.39 is 0 Å². The highest BCUT2D eigenvalue weighted by Crippen LogP contribution is 2.48. The van der Waals surface area contributed by atoms with Gasteiger partial charge in [0.25, 0.3) is 0 Å². The fourth-order valence-electron chi connectivity index (χ4n) is 4.79. The average Bonchev–Trinajstić information content (AvgIpc) is 2.49. The van der Waals surface area contributed by atoms with E-state index in [0.717, 1.165) is 6.54 Å². The van der Waals surface area contributed by atoms with Crippen LogP contribution in [0.1, 0.15) is 69.6 Å². The highest BCUT2D eigenvalue weighted by Gasteiger charge is 2.47. The van der Waals surface area contributed by atoms with Crippen molar-refractivity contribution in [2.24, 2.45) is 0 Å². The van der Waals surface area contributed by atoms with Gasteiger partial charge in [-0.05, 0) is 35.8 Å². The van der Waals surface area contributed by atoms with Crippen molar-refractivity contribution in [3.8, 4) is 0 Å². The first-order valence-electron chi connectivity index (χ1n) is 8.60. The summed E-state index contributed by atoms with van der Waals surface area (Å²) in [5, 5.41) is 3.85. The van der Waals surface area contributed by atoms with Crippen molar-refractivity contribution < 1.29 is 4.74 Å². The molecule has 2 nitrogen and oxygen atoms in total. The van der Waals surface area contributed by atoms with Gasteiger partial charge in [0.05, 0.1) is 11.7 Å². The van der Waals surface area contributed by atoms with Crippen molar-refractivity contribution in [3.05, 3.63) is 35.4 Å². The molecule has 1 aromatic carbocycles. The van der Waals surface area contributed by atoms with Gasteiger partial charge in [-0.1, -0.05) is 57.4 Å². The van der Waals surface area contributed by atoms with Gasteiger partial charge in [-0.15, -0.1) is 0 Å². The minimum Gasteiger partial charge on any atom is -0.364 e. The molecular weight excluding hydrogens is 258 g/mol. The lowest BCUT2D eigenvalue weighted by molar-refractivity contribution is -0.160. The molecule has 114 valence electrons. The Morgan fingerprint density at radius 3 is 2.67 bits per heavy atom. The summed E-state index contributed by atoms with van der Waals surface area (Å²) in [7, 11) is 0. The number of hydrogen-bond donors (Lipinski definition) is 1. The summed E-state index contributed by atoms with van der Waals surface area (Å²) in [5.74, 6) is 0.